The normalized spacial score (nSPS) is 16.1. The number of β-amino-alcohol motifs (C(OH)–C–C–N with tert-alkyl or cyclic N) is 1. The number of phenolic OH excluding ortho intramolecular Hbond substituents is 2. The standard InChI is InChI=1S/C22H25Cl2N5O5/c1-2-18(16-5-12(23)6-17(24)20(16)33)29-19(32)10-25-21(34)11-3-13(7-14(30)4-11)28-22-26-8-15(31)9-27-22/h3-7,15,18,30-31,33H,2,8-10H2,1H3,(H,25,34)(H,29,32)(H2,26,27,28). The number of aromatic hydroxyl groups is 2. The average molecular weight is 510 g/mol. The van der Waals surface area contributed by atoms with Gasteiger partial charge < -0.3 is 36.6 Å². The molecule has 1 heterocycles. The Morgan fingerprint density at radius 2 is 1.97 bits per heavy atom. The molecule has 2 unspecified atom stereocenters. The minimum absolute atomic E-state index is 0.0716. The maximum absolute atomic E-state index is 12.6. The van der Waals surface area contributed by atoms with Crippen LogP contribution in [0.3, 0.4) is 0 Å². The van der Waals surface area contributed by atoms with E-state index in [-0.39, 0.29) is 35.2 Å². The van der Waals surface area contributed by atoms with Crippen LogP contribution in [0.5, 0.6) is 11.5 Å². The maximum Gasteiger partial charge on any atom is 0.251 e. The van der Waals surface area contributed by atoms with Crippen LogP contribution in [0.15, 0.2) is 35.3 Å². The third kappa shape index (κ3) is 6.66. The quantitative estimate of drug-likeness (QED) is 0.301. The van der Waals surface area contributed by atoms with Gasteiger partial charge in [0.2, 0.25) is 5.91 Å². The van der Waals surface area contributed by atoms with Crippen LogP contribution >= 0.6 is 23.2 Å². The second kappa shape index (κ2) is 11.3. The molecule has 0 saturated carbocycles. The molecular formula is C22H25Cl2N5O5. The van der Waals surface area contributed by atoms with Crippen LogP contribution in [0, 0.1) is 0 Å². The zero-order valence-corrected chi connectivity index (χ0v) is 19.7. The smallest absolute Gasteiger partial charge is 0.251 e. The molecule has 0 radical (unpaired) electrons. The van der Waals surface area contributed by atoms with E-state index in [1.54, 1.807) is 0 Å². The number of aliphatic hydroxyl groups excluding tert-OH is 1. The number of carbonyl (C=O) groups excluding carboxylic acids is 2. The Labute approximate surface area is 206 Å². The highest BCUT2D eigenvalue weighted by Crippen LogP contribution is 2.35. The fourth-order valence-electron chi connectivity index (χ4n) is 3.33. The van der Waals surface area contributed by atoms with Gasteiger partial charge >= 0.3 is 0 Å². The molecule has 2 atom stereocenters. The molecule has 0 spiro atoms. The van der Waals surface area contributed by atoms with E-state index < -0.39 is 24.0 Å². The molecule has 0 aromatic heterocycles. The number of amides is 2. The van der Waals surface area contributed by atoms with Gasteiger partial charge in [-0.1, -0.05) is 30.1 Å². The molecule has 0 saturated heterocycles. The molecule has 12 heteroatoms. The van der Waals surface area contributed by atoms with Gasteiger partial charge in [0.1, 0.15) is 11.5 Å². The van der Waals surface area contributed by atoms with Gasteiger partial charge in [0, 0.05) is 34.4 Å². The lowest BCUT2D eigenvalue weighted by molar-refractivity contribution is -0.120. The molecule has 10 nitrogen and oxygen atoms in total. The van der Waals surface area contributed by atoms with Gasteiger partial charge in [-0.25, -0.2) is 0 Å². The number of anilines is 1. The van der Waals surface area contributed by atoms with Gasteiger partial charge in [-0.15, -0.1) is 0 Å². The SMILES string of the molecule is CCC(NC(=O)CNC(=O)c1cc(O)cc(NC2=NCC(O)CN2)c1)c1cc(Cl)cc(Cl)c1O. The number of phenols is 2. The molecule has 0 fully saturated rings. The van der Waals surface area contributed by atoms with Crippen molar-refractivity contribution >= 4 is 46.7 Å². The average Bonchev–Trinajstić information content (AvgIpc) is 2.79. The van der Waals surface area contributed by atoms with Gasteiger partial charge in [-0.2, -0.15) is 0 Å². The predicted octanol–water partition coefficient (Wildman–Crippen LogP) is 2.13. The zero-order chi connectivity index (χ0) is 24.8. The predicted molar refractivity (Wildman–Crippen MR) is 130 cm³/mol. The van der Waals surface area contributed by atoms with Crippen molar-refractivity contribution in [3.05, 3.63) is 51.5 Å². The van der Waals surface area contributed by atoms with Crippen molar-refractivity contribution in [2.75, 3.05) is 25.0 Å². The van der Waals surface area contributed by atoms with E-state index in [2.05, 4.69) is 26.3 Å². The number of aliphatic imine (C=N–C) groups is 1. The van der Waals surface area contributed by atoms with E-state index in [1.807, 2.05) is 6.92 Å². The van der Waals surface area contributed by atoms with Crippen molar-refractivity contribution in [1.29, 1.82) is 0 Å². The number of hydrogen-bond acceptors (Lipinski definition) is 8. The molecule has 34 heavy (non-hydrogen) atoms. The molecule has 7 N–H and O–H groups in total. The Morgan fingerprint density at radius 3 is 2.65 bits per heavy atom. The van der Waals surface area contributed by atoms with E-state index in [4.69, 9.17) is 23.2 Å². The van der Waals surface area contributed by atoms with E-state index in [0.717, 1.165) is 0 Å². The Hall–Kier alpha value is -3.21. The number of hydrogen-bond donors (Lipinski definition) is 7. The van der Waals surface area contributed by atoms with Crippen LogP contribution in [0.2, 0.25) is 10.0 Å². The summed E-state index contributed by atoms with van der Waals surface area (Å²) in [6.45, 7) is 2.03. The van der Waals surface area contributed by atoms with Crippen LogP contribution in [0.1, 0.15) is 35.3 Å². The van der Waals surface area contributed by atoms with E-state index in [0.29, 0.717) is 35.2 Å². The fraction of sp³-hybridized carbons (Fsp3) is 0.318. The van der Waals surface area contributed by atoms with Gasteiger partial charge in [-0.3, -0.25) is 14.6 Å². The molecule has 3 rings (SSSR count). The fourth-order valence-corrected chi connectivity index (χ4v) is 3.83. The molecule has 2 aromatic carbocycles. The van der Waals surface area contributed by atoms with Gasteiger partial charge in [-0.05, 0) is 30.7 Å². The summed E-state index contributed by atoms with van der Waals surface area (Å²) in [5.74, 6) is -1.00. The summed E-state index contributed by atoms with van der Waals surface area (Å²) >= 11 is 12.0. The van der Waals surface area contributed by atoms with Crippen LogP contribution in [-0.2, 0) is 4.79 Å². The van der Waals surface area contributed by atoms with Crippen LogP contribution in [0.25, 0.3) is 0 Å². The number of rotatable bonds is 7. The van der Waals surface area contributed by atoms with Crippen molar-refractivity contribution in [2.24, 2.45) is 4.99 Å². The summed E-state index contributed by atoms with van der Waals surface area (Å²) in [7, 11) is 0. The molecule has 2 amide bonds. The lowest BCUT2D eigenvalue weighted by atomic mass is 10.0. The first-order valence-electron chi connectivity index (χ1n) is 10.5. The van der Waals surface area contributed by atoms with Crippen LogP contribution in [-0.4, -0.2) is 58.8 Å². The van der Waals surface area contributed by atoms with Gasteiger partial charge in [0.25, 0.3) is 5.91 Å². The summed E-state index contributed by atoms with van der Waals surface area (Å²) in [5.41, 5.74) is 0.893. The van der Waals surface area contributed by atoms with Crippen molar-refractivity contribution in [3.63, 3.8) is 0 Å². The molecule has 1 aliphatic heterocycles. The van der Waals surface area contributed by atoms with Crippen molar-refractivity contribution < 1.29 is 24.9 Å². The largest absolute Gasteiger partial charge is 0.508 e. The van der Waals surface area contributed by atoms with Crippen LogP contribution < -0.4 is 21.3 Å². The number of carbonyl (C=O) groups is 2. The number of nitrogens with one attached hydrogen (secondary N) is 4. The van der Waals surface area contributed by atoms with Crippen LogP contribution in [0.4, 0.5) is 5.69 Å². The van der Waals surface area contributed by atoms with Crippen molar-refractivity contribution in [1.82, 2.24) is 16.0 Å². The van der Waals surface area contributed by atoms with E-state index in [9.17, 15) is 24.9 Å². The number of guanidine groups is 1. The minimum atomic E-state index is -0.579. The maximum atomic E-state index is 12.6. The van der Waals surface area contributed by atoms with E-state index in [1.165, 1.54) is 30.3 Å². The highest BCUT2D eigenvalue weighted by atomic mass is 35.5. The minimum Gasteiger partial charge on any atom is -0.508 e. The molecular weight excluding hydrogens is 485 g/mol. The summed E-state index contributed by atoms with van der Waals surface area (Å²) in [4.78, 5) is 29.1. The highest BCUT2D eigenvalue weighted by molar-refractivity contribution is 6.35. The first-order chi connectivity index (χ1) is 16.2. The number of benzene rings is 2. The Morgan fingerprint density at radius 1 is 1.21 bits per heavy atom. The summed E-state index contributed by atoms with van der Waals surface area (Å²) in [6, 6.07) is 6.51. The Bertz CT molecular complexity index is 1110. The first-order valence-corrected chi connectivity index (χ1v) is 11.2. The lowest BCUT2D eigenvalue weighted by Crippen LogP contribution is -2.42. The lowest BCUT2D eigenvalue weighted by Gasteiger charge is -2.20. The molecule has 182 valence electrons. The third-order valence-electron chi connectivity index (χ3n) is 4.99. The Balaban J connectivity index is 1.61. The molecule has 2 aromatic rings. The summed E-state index contributed by atoms with van der Waals surface area (Å²) in [6.07, 6.45) is -0.130. The second-order valence-corrected chi connectivity index (χ2v) is 8.50. The Kier molecular flexibility index (Phi) is 8.43. The number of aliphatic hydroxyl groups is 1. The highest BCUT2D eigenvalue weighted by Gasteiger charge is 2.20. The van der Waals surface area contributed by atoms with Crippen molar-refractivity contribution in [2.45, 2.75) is 25.5 Å². The monoisotopic (exact) mass is 509 g/mol. The molecule has 0 bridgehead atoms. The molecule has 0 aliphatic carbocycles. The second-order valence-electron chi connectivity index (χ2n) is 7.65. The third-order valence-corrected chi connectivity index (χ3v) is 5.50. The van der Waals surface area contributed by atoms with Gasteiger partial charge in [0.05, 0.1) is 30.3 Å². The summed E-state index contributed by atoms with van der Waals surface area (Å²) in [5, 5.41) is 41.1. The van der Waals surface area contributed by atoms with Gasteiger partial charge in [0.15, 0.2) is 5.96 Å². The van der Waals surface area contributed by atoms with E-state index >= 15 is 0 Å². The first kappa shape index (κ1) is 25.4. The van der Waals surface area contributed by atoms with Crippen molar-refractivity contribution in [3.8, 4) is 11.5 Å². The number of halogens is 2. The molecule has 1 aliphatic rings. The zero-order valence-electron chi connectivity index (χ0n) is 18.2. The topological polar surface area (TPSA) is 155 Å². The summed E-state index contributed by atoms with van der Waals surface area (Å²) < 4.78 is 0. The number of nitrogens with zero attached hydrogens (tertiary/aromatic N) is 1.